The fourth-order valence-corrected chi connectivity index (χ4v) is 3.87. The molecule has 0 unspecified atom stereocenters. The summed E-state index contributed by atoms with van der Waals surface area (Å²) in [6.45, 7) is -0.623. The van der Waals surface area contributed by atoms with Crippen molar-refractivity contribution in [2.45, 2.75) is 0 Å². The lowest BCUT2D eigenvalue weighted by atomic mass is 9.98. The van der Waals surface area contributed by atoms with Gasteiger partial charge in [-0.1, -0.05) is 60.7 Å². The Bertz CT molecular complexity index is 1460. The van der Waals surface area contributed by atoms with Crippen molar-refractivity contribution in [3.05, 3.63) is 83.9 Å². The average Bonchev–Trinajstić information content (AvgIpc) is 3.33. The second kappa shape index (κ2) is 11.7. The molecule has 0 atom stereocenters. The SMILES string of the molecule is COc1cc(C(=O)OCC(=O)Nc2oc(-c3ccccc3)c(-c3ccccc3)c2C#N)cc(OC)c1OC. The molecule has 0 aliphatic heterocycles. The standard InChI is InChI=1S/C29H24N2O7/c1-34-22-14-20(15-23(35-2)27(22)36-3)29(33)37-17-24(32)31-28-21(16-30)25(18-10-6-4-7-11-18)26(38-28)19-12-8-5-9-13-19/h4-15H,17H2,1-3H3,(H,31,32). The van der Waals surface area contributed by atoms with Crippen LogP contribution in [0.15, 0.2) is 77.2 Å². The number of esters is 1. The van der Waals surface area contributed by atoms with E-state index in [1.165, 1.54) is 33.5 Å². The fraction of sp³-hybridized carbons (Fsp3) is 0.138. The zero-order chi connectivity index (χ0) is 27.1. The number of hydrogen-bond acceptors (Lipinski definition) is 8. The molecule has 0 spiro atoms. The summed E-state index contributed by atoms with van der Waals surface area (Å²) in [5, 5.41) is 12.5. The highest BCUT2D eigenvalue weighted by molar-refractivity contribution is 5.98. The van der Waals surface area contributed by atoms with Gasteiger partial charge in [-0.3, -0.25) is 10.1 Å². The summed E-state index contributed by atoms with van der Waals surface area (Å²) in [4.78, 5) is 25.4. The second-order valence-corrected chi connectivity index (χ2v) is 7.89. The highest BCUT2D eigenvalue weighted by Crippen LogP contribution is 2.41. The highest BCUT2D eigenvalue weighted by Gasteiger charge is 2.25. The number of carbonyl (C=O) groups excluding carboxylic acids is 2. The lowest BCUT2D eigenvalue weighted by Gasteiger charge is -2.13. The zero-order valence-electron chi connectivity index (χ0n) is 20.9. The predicted molar refractivity (Wildman–Crippen MR) is 139 cm³/mol. The van der Waals surface area contributed by atoms with E-state index in [-0.39, 0.29) is 28.5 Å². The maximum atomic E-state index is 12.7. The summed E-state index contributed by atoms with van der Waals surface area (Å²) in [6, 6.07) is 23.5. The Morgan fingerprint density at radius 2 is 1.45 bits per heavy atom. The number of benzene rings is 3. The van der Waals surface area contributed by atoms with Crippen molar-refractivity contribution < 1.29 is 33.0 Å². The molecule has 4 aromatic rings. The number of rotatable bonds is 9. The molecule has 3 aromatic carbocycles. The Morgan fingerprint density at radius 1 is 0.868 bits per heavy atom. The molecule has 9 nitrogen and oxygen atoms in total. The number of ether oxygens (including phenoxy) is 4. The van der Waals surface area contributed by atoms with Gasteiger partial charge in [-0.25, -0.2) is 4.79 Å². The predicted octanol–water partition coefficient (Wildman–Crippen LogP) is 5.31. The number of furan rings is 1. The lowest BCUT2D eigenvalue weighted by Crippen LogP contribution is -2.21. The molecule has 192 valence electrons. The highest BCUT2D eigenvalue weighted by atomic mass is 16.5. The molecule has 0 aliphatic rings. The van der Waals surface area contributed by atoms with Crippen molar-refractivity contribution in [2.75, 3.05) is 33.3 Å². The summed E-state index contributed by atoms with van der Waals surface area (Å²) in [7, 11) is 4.28. The minimum atomic E-state index is -0.783. The molecule has 0 fully saturated rings. The van der Waals surface area contributed by atoms with E-state index in [1.807, 2.05) is 60.7 Å². The molecule has 0 aliphatic carbocycles. The number of nitriles is 1. The van der Waals surface area contributed by atoms with E-state index in [9.17, 15) is 14.9 Å². The van der Waals surface area contributed by atoms with Gasteiger partial charge in [-0.05, 0) is 17.7 Å². The van der Waals surface area contributed by atoms with Gasteiger partial charge >= 0.3 is 5.97 Å². The van der Waals surface area contributed by atoms with E-state index in [2.05, 4.69) is 11.4 Å². The minimum absolute atomic E-state index is 0.0426. The average molecular weight is 513 g/mol. The van der Waals surface area contributed by atoms with E-state index >= 15 is 0 Å². The Morgan fingerprint density at radius 3 is 1.97 bits per heavy atom. The molecule has 1 heterocycles. The molecule has 1 N–H and O–H groups in total. The minimum Gasteiger partial charge on any atom is -0.493 e. The van der Waals surface area contributed by atoms with Gasteiger partial charge in [0.15, 0.2) is 18.1 Å². The molecule has 1 amide bonds. The van der Waals surface area contributed by atoms with Gasteiger partial charge in [-0.15, -0.1) is 0 Å². The summed E-state index contributed by atoms with van der Waals surface area (Å²) >= 11 is 0. The van der Waals surface area contributed by atoms with Gasteiger partial charge in [0.05, 0.1) is 26.9 Å². The molecule has 1 aromatic heterocycles. The van der Waals surface area contributed by atoms with Crippen LogP contribution in [0.4, 0.5) is 5.88 Å². The van der Waals surface area contributed by atoms with Crippen LogP contribution in [0.2, 0.25) is 0 Å². The Hall–Kier alpha value is -5.23. The van der Waals surface area contributed by atoms with Crippen molar-refractivity contribution in [1.29, 1.82) is 5.26 Å². The van der Waals surface area contributed by atoms with Crippen LogP contribution in [-0.2, 0) is 9.53 Å². The third-order valence-electron chi connectivity index (χ3n) is 5.61. The summed E-state index contributed by atoms with van der Waals surface area (Å²) in [5.41, 5.74) is 2.28. The summed E-state index contributed by atoms with van der Waals surface area (Å²) < 4.78 is 26.9. The number of hydrogen-bond donors (Lipinski definition) is 1. The van der Waals surface area contributed by atoms with E-state index < -0.39 is 18.5 Å². The molecule has 0 saturated heterocycles. The van der Waals surface area contributed by atoms with Gasteiger partial charge in [0.2, 0.25) is 11.6 Å². The Balaban J connectivity index is 1.57. The van der Waals surface area contributed by atoms with Crippen LogP contribution >= 0.6 is 0 Å². The summed E-state index contributed by atoms with van der Waals surface area (Å²) in [5.74, 6) is -0.241. The molecule has 9 heteroatoms. The maximum Gasteiger partial charge on any atom is 0.338 e. The van der Waals surface area contributed by atoms with E-state index in [0.29, 0.717) is 17.1 Å². The van der Waals surface area contributed by atoms with Crippen LogP contribution in [0.3, 0.4) is 0 Å². The third-order valence-corrected chi connectivity index (χ3v) is 5.61. The molecule has 0 bridgehead atoms. The first-order valence-electron chi connectivity index (χ1n) is 11.4. The zero-order valence-corrected chi connectivity index (χ0v) is 20.9. The third kappa shape index (κ3) is 5.29. The molecule has 38 heavy (non-hydrogen) atoms. The van der Waals surface area contributed by atoms with Crippen LogP contribution in [0.5, 0.6) is 17.2 Å². The number of carbonyl (C=O) groups is 2. The van der Waals surface area contributed by atoms with Crippen LogP contribution in [0.1, 0.15) is 15.9 Å². The van der Waals surface area contributed by atoms with Gasteiger partial charge < -0.3 is 23.4 Å². The molecular weight excluding hydrogens is 488 g/mol. The van der Waals surface area contributed by atoms with Gasteiger partial charge in [0.25, 0.3) is 5.91 Å². The van der Waals surface area contributed by atoms with E-state index in [4.69, 9.17) is 23.4 Å². The number of nitrogens with zero attached hydrogens (tertiary/aromatic N) is 1. The number of amides is 1. The van der Waals surface area contributed by atoms with Crippen LogP contribution in [0.25, 0.3) is 22.5 Å². The number of methoxy groups -OCH3 is 3. The number of nitrogens with one attached hydrogen (secondary N) is 1. The van der Waals surface area contributed by atoms with E-state index in [0.717, 1.165) is 11.1 Å². The van der Waals surface area contributed by atoms with Crippen LogP contribution in [0, 0.1) is 11.3 Å². The van der Waals surface area contributed by atoms with Gasteiger partial charge in [0, 0.05) is 11.1 Å². The monoisotopic (exact) mass is 512 g/mol. The van der Waals surface area contributed by atoms with Crippen molar-refractivity contribution in [1.82, 2.24) is 0 Å². The summed E-state index contributed by atoms with van der Waals surface area (Å²) in [6.07, 6.45) is 0. The Labute approximate surface area is 219 Å². The van der Waals surface area contributed by atoms with Crippen molar-refractivity contribution in [3.63, 3.8) is 0 Å². The normalized spacial score (nSPS) is 10.3. The first-order chi connectivity index (χ1) is 18.5. The quantitative estimate of drug-likeness (QED) is 0.300. The lowest BCUT2D eigenvalue weighted by molar-refractivity contribution is -0.119. The molecule has 4 rings (SSSR count). The number of anilines is 1. The largest absolute Gasteiger partial charge is 0.493 e. The fourth-order valence-electron chi connectivity index (χ4n) is 3.87. The second-order valence-electron chi connectivity index (χ2n) is 7.89. The first-order valence-corrected chi connectivity index (χ1v) is 11.4. The van der Waals surface area contributed by atoms with Crippen molar-refractivity contribution in [2.24, 2.45) is 0 Å². The smallest absolute Gasteiger partial charge is 0.338 e. The molecule has 0 radical (unpaired) electrons. The molecule has 0 saturated carbocycles. The van der Waals surface area contributed by atoms with Gasteiger partial charge in [-0.2, -0.15) is 5.26 Å². The Kier molecular flexibility index (Phi) is 7.94. The van der Waals surface area contributed by atoms with Crippen molar-refractivity contribution in [3.8, 4) is 45.8 Å². The maximum absolute atomic E-state index is 12.7. The van der Waals surface area contributed by atoms with Crippen molar-refractivity contribution >= 4 is 17.8 Å². The molecular formula is C29H24N2O7. The first kappa shape index (κ1) is 25.9. The van der Waals surface area contributed by atoms with Crippen LogP contribution in [-0.4, -0.2) is 39.8 Å². The van der Waals surface area contributed by atoms with Crippen LogP contribution < -0.4 is 19.5 Å². The topological polar surface area (TPSA) is 120 Å². The van der Waals surface area contributed by atoms with E-state index in [1.54, 1.807) is 0 Å². The van der Waals surface area contributed by atoms with Gasteiger partial charge in [0.1, 0.15) is 17.4 Å².